The van der Waals surface area contributed by atoms with Crippen LogP contribution in [0.5, 0.6) is 0 Å². The lowest BCUT2D eigenvalue weighted by Crippen LogP contribution is -2.62. The van der Waals surface area contributed by atoms with Crippen molar-refractivity contribution in [1.29, 1.82) is 0 Å². The number of rotatable bonds is 3. The second kappa shape index (κ2) is 14.6. The predicted molar refractivity (Wildman–Crippen MR) is 293 cm³/mol. The molecule has 1 saturated carbocycles. The lowest BCUT2D eigenvalue weighted by molar-refractivity contribution is 0.332. The molecule has 0 bridgehead atoms. The Hall–Kier alpha value is -4.80. The summed E-state index contributed by atoms with van der Waals surface area (Å²) in [7, 11) is 0. The van der Waals surface area contributed by atoms with Crippen LogP contribution in [0.3, 0.4) is 0 Å². The Morgan fingerprint density at radius 1 is 0.522 bits per heavy atom. The van der Waals surface area contributed by atoms with Gasteiger partial charge in [0.25, 0.3) is 6.71 Å². The number of aryl methyl sites for hydroxylation is 1. The Morgan fingerprint density at radius 3 is 1.78 bits per heavy atom. The van der Waals surface area contributed by atoms with Crippen molar-refractivity contribution >= 4 is 88.7 Å². The topological polar surface area (TPSA) is 6.48 Å². The van der Waals surface area contributed by atoms with Crippen LogP contribution in [0.25, 0.3) is 20.2 Å². The summed E-state index contributed by atoms with van der Waals surface area (Å²) in [4.78, 5) is 5.50. The highest BCUT2D eigenvalue weighted by Crippen LogP contribution is 2.54. The van der Waals surface area contributed by atoms with Crippen LogP contribution >= 0.6 is 11.3 Å². The van der Waals surface area contributed by atoms with E-state index in [0.717, 1.165) is 0 Å². The van der Waals surface area contributed by atoms with Crippen molar-refractivity contribution in [2.45, 2.75) is 174 Å². The van der Waals surface area contributed by atoms with E-state index < -0.39 is 0 Å². The zero-order valence-electron chi connectivity index (χ0n) is 42.6. The molecule has 1 fully saturated rings. The predicted octanol–water partition coefficient (Wildman–Crippen LogP) is 16.5. The van der Waals surface area contributed by atoms with Crippen molar-refractivity contribution in [2.75, 3.05) is 9.80 Å². The molecule has 0 saturated heterocycles. The Morgan fingerprint density at radius 2 is 1.10 bits per heavy atom. The van der Waals surface area contributed by atoms with Gasteiger partial charge in [-0.2, -0.15) is 0 Å². The number of hydrogen-bond acceptors (Lipinski definition) is 3. The summed E-state index contributed by atoms with van der Waals surface area (Å²) >= 11 is 1.98. The summed E-state index contributed by atoms with van der Waals surface area (Å²) in [5.41, 5.74) is 23.2. The van der Waals surface area contributed by atoms with Crippen LogP contribution in [0.1, 0.15) is 179 Å². The van der Waals surface area contributed by atoms with Gasteiger partial charge in [0.1, 0.15) is 0 Å². The van der Waals surface area contributed by atoms with Gasteiger partial charge in [-0.3, -0.25) is 0 Å². The number of nitrogens with zero attached hydrogens (tertiary/aromatic N) is 2. The molecule has 1 aromatic heterocycles. The van der Waals surface area contributed by atoms with Gasteiger partial charge in [0.15, 0.2) is 0 Å². The molecule has 2 nitrogen and oxygen atoms in total. The van der Waals surface area contributed by atoms with Crippen molar-refractivity contribution in [2.24, 2.45) is 0 Å². The molecule has 5 aliphatic rings. The van der Waals surface area contributed by atoms with Gasteiger partial charge in [-0.15, -0.1) is 11.3 Å². The molecule has 3 heterocycles. The maximum Gasteiger partial charge on any atom is 0.252 e. The fraction of sp³-hybridized carbons (Fsp3) is 0.429. The molecule has 0 N–H and O–H groups in total. The van der Waals surface area contributed by atoms with Crippen LogP contribution in [0.15, 0.2) is 97.1 Å². The van der Waals surface area contributed by atoms with Gasteiger partial charge in [-0.05, 0) is 194 Å². The number of hydrogen-bond donors (Lipinski definition) is 0. The van der Waals surface area contributed by atoms with E-state index in [2.05, 4.69) is 190 Å². The van der Waals surface area contributed by atoms with E-state index >= 15 is 0 Å². The summed E-state index contributed by atoms with van der Waals surface area (Å²) in [6.45, 7) is 29.4. The molecule has 342 valence electrons. The third kappa shape index (κ3) is 6.61. The van der Waals surface area contributed by atoms with Crippen LogP contribution in [0, 0.1) is 6.92 Å². The van der Waals surface area contributed by atoms with Crippen LogP contribution in [-0.2, 0) is 27.1 Å². The van der Waals surface area contributed by atoms with Gasteiger partial charge in [0.05, 0.1) is 0 Å². The molecule has 6 aromatic carbocycles. The van der Waals surface area contributed by atoms with Gasteiger partial charge < -0.3 is 9.80 Å². The maximum atomic E-state index is 2.78. The third-order valence-corrected chi connectivity index (χ3v) is 19.2. The number of thiophene rings is 1. The highest BCUT2D eigenvalue weighted by molar-refractivity contribution is 7.26. The van der Waals surface area contributed by atoms with E-state index in [4.69, 9.17) is 0 Å². The number of benzene rings is 6. The van der Waals surface area contributed by atoms with Crippen molar-refractivity contribution in [3.63, 3.8) is 0 Å². The molecule has 0 amide bonds. The van der Waals surface area contributed by atoms with Gasteiger partial charge in [0, 0.05) is 54.3 Å². The highest BCUT2D eigenvalue weighted by Gasteiger charge is 2.48. The molecule has 2 aliphatic heterocycles. The van der Waals surface area contributed by atoms with Gasteiger partial charge in [-0.1, -0.05) is 132 Å². The molecule has 12 rings (SSSR count). The van der Waals surface area contributed by atoms with E-state index in [9.17, 15) is 0 Å². The molecule has 7 aromatic rings. The van der Waals surface area contributed by atoms with E-state index in [-0.39, 0.29) is 33.8 Å². The van der Waals surface area contributed by atoms with E-state index in [1.54, 1.807) is 5.56 Å². The molecule has 4 heteroatoms. The molecule has 3 aliphatic carbocycles. The van der Waals surface area contributed by atoms with Crippen molar-refractivity contribution in [3.05, 3.63) is 136 Å². The number of anilines is 6. The molecule has 0 unspecified atom stereocenters. The van der Waals surface area contributed by atoms with E-state index in [1.807, 2.05) is 11.3 Å². The summed E-state index contributed by atoms with van der Waals surface area (Å²) in [6.07, 6.45) is 11.3. The first-order chi connectivity index (χ1) is 31.7. The lowest BCUT2D eigenvalue weighted by atomic mass is 9.33. The molecule has 0 atom stereocenters. The van der Waals surface area contributed by atoms with Gasteiger partial charge >= 0.3 is 0 Å². The monoisotopic (exact) mass is 899 g/mol. The zero-order valence-corrected chi connectivity index (χ0v) is 43.4. The maximum absolute atomic E-state index is 2.78. The van der Waals surface area contributed by atoms with Crippen molar-refractivity contribution < 1.29 is 0 Å². The number of para-hydroxylation sites is 1. The highest BCUT2D eigenvalue weighted by atomic mass is 32.1. The zero-order chi connectivity index (χ0) is 46.7. The normalized spacial score (nSPS) is 20.0. The minimum atomic E-state index is 0.0673. The van der Waals surface area contributed by atoms with Gasteiger partial charge in [-0.25, -0.2) is 0 Å². The van der Waals surface area contributed by atoms with Crippen molar-refractivity contribution in [1.82, 2.24) is 0 Å². The Labute approximate surface area is 406 Å². The first-order valence-corrected chi connectivity index (χ1v) is 26.7. The first-order valence-electron chi connectivity index (χ1n) is 25.9. The average Bonchev–Trinajstić information content (AvgIpc) is 3.65. The van der Waals surface area contributed by atoms with Crippen LogP contribution < -0.4 is 26.2 Å². The summed E-state index contributed by atoms with van der Waals surface area (Å²) < 4.78 is 2.76. The Bertz CT molecular complexity index is 3200. The number of fused-ring (bicyclic) bond motifs is 9. The minimum absolute atomic E-state index is 0.0673. The van der Waals surface area contributed by atoms with Gasteiger partial charge in [0.2, 0.25) is 0 Å². The second-order valence-corrected chi connectivity index (χ2v) is 26.5. The van der Waals surface area contributed by atoms with E-state index in [1.165, 1.54) is 162 Å². The molecule has 67 heavy (non-hydrogen) atoms. The molecular weight excluding hydrogens is 828 g/mol. The second-order valence-electron chi connectivity index (χ2n) is 25.4. The summed E-state index contributed by atoms with van der Waals surface area (Å²) in [5, 5.41) is 2.76. The quantitative estimate of drug-likeness (QED) is 0.163. The molecular formula is C63H71BN2S. The van der Waals surface area contributed by atoms with Crippen LogP contribution in [-0.4, -0.2) is 6.71 Å². The minimum Gasteiger partial charge on any atom is -0.311 e. The lowest BCUT2D eigenvalue weighted by Gasteiger charge is -2.48. The summed E-state index contributed by atoms with van der Waals surface area (Å²) in [6, 6.07) is 40.2. The molecule has 0 radical (unpaired) electrons. The van der Waals surface area contributed by atoms with Crippen LogP contribution in [0.2, 0.25) is 0 Å². The SMILES string of the molecule is Cc1ccccc1N1c2cc3c(cc2B2c4cc5c(cc4N(c4ccc6c(c4)C(C)(C)CCC6(C)C)c4cc(C6CCCCC6)cc1c42)C(C)(C)CCC5(C)C)sc1ccc(C(C)(C)C)cc13. The Kier molecular flexibility index (Phi) is 9.48. The largest absolute Gasteiger partial charge is 0.311 e. The smallest absolute Gasteiger partial charge is 0.252 e. The summed E-state index contributed by atoms with van der Waals surface area (Å²) in [5.74, 6) is 0.544. The average molecular weight is 899 g/mol. The standard InChI is InChI=1S/C63H71BN2S/c1-38-18-16-17-21-51(38)66-52-34-44-43-32-41(59(2,3)4)22-25-56(43)67-57(44)37-50(52)64-49-35-47-48(63(11,12)29-28-62(47,9)10)36-53(49)65(42-23-24-45-46(33-42)61(7,8)27-26-60(45,5)6)54-30-40(31-55(66)58(54)64)39-19-14-13-15-20-39/h16-18,21-25,30-37,39H,13-15,19-20,26-29H2,1-12H3. The fourth-order valence-corrected chi connectivity index (χ4v) is 14.7. The third-order valence-electron chi connectivity index (χ3n) is 18.0. The fourth-order valence-electron chi connectivity index (χ4n) is 13.5. The van der Waals surface area contributed by atoms with E-state index in [0.29, 0.717) is 5.92 Å². The Balaban J connectivity index is 1.23. The van der Waals surface area contributed by atoms with Crippen LogP contribution in [0.4, 0.5) is 34.1 Å². The molecule has 0 spiro atoms. The first kappa shape index (κ1) is 43.5. The van der Waals surface area contributed by atoms with Crippen molar-refractivity contribution in [3.8, 4) is 0 Å².